The monoisotopic (exact) mass is 414 g/mol. The van der Waals surface area contributed by atoms with E-state index >= 15 is 0 Å². The first-order valence-corrected chi connectivity index (χ1v) is 11.1. The van der Waals surface area contributed by atoms with Gasteiger partial charge in [-0.2, -0.15) is 8.42 Å². The van der Waals surface area contributed by atoms with Crippen molar-refractivity contribution in [2.75, 3.05) is 26.0 Å². The molecule has 0 aliphatic carbocycles. The number of carbonyl (C=O) groups is 1. The molecule has 0 aromatic heterocycles. The molecule has 1 fully saturated rings. The highest BCUT2D eigenvalue weighted by Gasteiger charge is 2.24. The molecule has 1 aromatic rings. The first kappa shape index (κ1) is 22.3. The highest BCUT2D eigenvalue weighted by Crippen LogP contribution is 2.30. The summed E-state index contributed by atoms with van der Waals surface area (Å²) in [4.78, 5) is 14.3. The number of benzene rings is 1. The van der Waals surface area contributed by atoms with Gasteiger partial charge in [-0.05, 0) is 51.3 Å². The Balaban J connectivity index is 2.22. The fraction of sp³-hybridized carbons (Fsp3) is 0.632. The summed E-state index contributed by atoms with van der Waals surface area (Å²) in [5.41, 5.74) is 0.735. The molecule has 0 radical (unpaired) electrons. The van der Waals surface area contributed by atoms with Gasteiger partial charge < -0.3 is 23.9 Å². The minimum Gasteiger partial charge on any atom is -0.493 e. The van der Waals surface area contributed by atoms with E-state index in [-0.39, 0.29) is 29.7 Å². The molecule has 1 N–H and O–H groups in total. The van der Waals surface area contributed by atoms with Gasteiger partial charge in [-0.15, -0.1) is 0 Å². The van der Waals surface area contributed by atoms with Crippen LogP contribution in [-0.4, -0.2) is 57.5 Å². The summed E-state index contributed by atoms with van der Waals surface area (Å²) < 4.78 is 39.8. The number of nitrogens with zero attached hydrogens (tertiary/aromatic N) is 1. The number of nitrogens with one attached hydrogen (secondary N) is 1. The van der Waals surface area contributed by atoms with Gasteiger partial charge in [0.25, 0.3) is 0 Å². The van der Waals surface area contributed by atoms with Crippen LogP contribution in [0, 0.1) is 0 Å². The van der Waals surface area contributed by atoms with Gasteiger partial charge in [0.2, 0.25) is 0 Å². The van der Waals surface area contributed by atoms with E-state index in [4.69, 9.17) is 13.7 Å². The van der Waals surface area contributed by atoms with E-state index < -0.39 is 10.1 Å². The number of methoxy groups -OCH3 is 1. The van der Waals surface area contributed by atoms with E-state index in [1.165, 1.54) is 14.0 Å². The minimum absolute atomic E-state index is 0.00366. The molecule has 1 heterocycles. The highest BCUT2D eigenvalue weighted by molar-refractivity contribution is 7.87. The molecule has 1 aliphatic rings. The first-order chi connectivity index (χ1) is 13.2. The molecule has 158 valence electrons. The van der Waals surface area contributed by atoms with Crippen molar-refractivity contribution in [3.8, 4) is 11.5 Å². The van der Waals surface area contributed by atoms with Crippen molar-refractivity contribution in [2.45, 2.75) is 52.3 Å². The number of ether oxygens (including phenoxy) is 2. The van der Waals surface area contributed by atoms with Gasteiger partial charge in [0.05, 0.1) is 19.0 Å². The minimum atomic E-state index is -3.69. The summed E-state index contributed by atoms with van der Waals surface area (Å²) in [5.74, 6) is 0.281. The normalized spacial score (nSPS) is 16.8. The van der Waals surface area contributed by atoms with Crippen molar-refractivity contribution < 1.29 is 26.9 Å². The molecule has 1 saturated heterocycles. The molecular weight excluding hydrogens is 384 g/mol. The zero-order chi connectivity index (χ0) is 20.7. The standard InChI is InChI=1S/C19H30N2O6S/c1-5-28(23,24)27-18-11-15(8-9-17(18)25-4)12-21(19(22)20-14(2)3)13-16-7-6-10-26-16/h8-9,11,14,16H,5-7,10,12-13H2,1-4H3,(H,20,22)/t16-/m0/s1. The Bertz CT molecular complexity index is 760. The largest absolute Gasteiger partial charge is 0.493 e. The predicted molar refractivity (Wildman–Crippen MR) is 106 cm³/mol. The summed E-state index contributed by atoms with van der Waals surface area (Å²) in [6, 6.07) is 4.83. The average molecular weight is 415 g/mol. The second kappa shape index (κ2) is 9.97. The van der Waals surface area contributed by atoms with Gasteiger partial charge in [0.1, 0.15) is 0 Å². The molecule has 0 saturated carbocycles. The van der Waals surface area contributed by atoms with Gasteiger partial charge in [0, 0.05) is 25.7 Å². The van der Waals surface area contributed by atoms with Gasteiger partial charge in [-0.3, -0.25) is 0 Å². The lowest BCUT2D eigenvalue weighted by atomic mass is 10.1. The molecule has 0 unspecified atom stereocenters. The van der Waals surface area contributed by atoms with E-state index in [0.717, 1.165) is 18.4 Å². The van der Waals surface area contributed by atoms with Crippen LogP contribution >= 0.6 is 0 Å². The Morgan fingerprint density at radius 1 is 1.36 bits per heavy atom. The smallest absolute Gasteiger partial charge is 0.317 e. The Labute approximate surface area is 167 Å². The molecule has 9 heteroatoms. The first-order valence-electron chi connectivity index (χ1n) is 9.50. The number of amides is 2. The number of hydrogen-bond acceptors (Lipinski definition) is 6. The van der Waals surface area contributed by atoms with Crippen LogP contribution in [0.5, 0.6) is 11.5 Å². The lowest BCUT2D eigenvalue weighted by molar-refractivity contribution is 0.0791. The van der Waals surface area contributed by atoms with Crippen molar-refractivity contribution in [3.05, 3.63) is 23.8 Å². The summed E-state index contributed by atoms with van der Waals surface area (Å²) in [5, 5.41) is 2.90. The second-order valence-corrected chi connectivity index (χ2v) is 8.89. The van der Waals surface area contributed by atoms with Crippen LogP contribution in [0.2, 0.25) is 0 Å². The maximum atomic E-state index is 12.6. The lowest BCUT2D eigenvalue weighted by Gasteiger charge is -2.27. The third-order valence-corrected chi connectivity index (χ3v) is 5.46. The topological polar surface area (TPSA) is 94.2 Å². The number of rotatable bonds is 9. The summed E-state index contributed by atoms with van der Waals surface area (Å²) in [6.45, 7) is 6.78. The Morgan fingerprint density at radius 3 is 2.68 bits per heavy atom. The van der Waals surface area contributed by atoms with Crippen molar-refractivity contribution in [1.29, 1.82) is 0 Å². The van der Waals surface area contributed by atoms with E-state index in [9.17, 15) is 13.2 Å². The molecule has 0 bridgehead atoms. The second-order valence-electron chi connectivity index (χ2n) is 7.03. The molecule has 1 aromatic carbocycles. The summed E-state index contributed by atoms with van der Waals surface area (Å²) in [6.07, 6.45) is 1.91. The maximum absolute atomic E-state index is 12.6. The Morgan fingerprint density at radius 2 is 2.11 bits per heavy atom. The molecule has 1 atom stereocenters. The lowest BCUT2D eigenvalue weighted by Crippen LogP contribution is -2.45. The summed E-state index contributed by atoms with van der Waals surface area (Å²) in [7, 11) is -2.25. The molecular formula is C19H30N2O6S. The Kier molecular flexibility index (Phi) is 7.94. The molecule has 8 nitrogen and oxygen atoms in total. The van der Waals surface area contributed by atoms with Crippen LogP contribution in [0.1, 0.15) is 39.2 Å². The molecule has 0 spiro atoms. The van der Waals surface area contributed by atoms with E-state index in [1.54, 1.807) is 23.1 Å². The van der Waals surface area contributed by atoms with E-state index in [1.807, 2.05) is 13.8 Å². The van der Waals surface area contributed by atoms with Crippen molar-refractivity contribution >= 4 is 16.1 Å². The van der Waals surface area contributed by atoms with Crippen LogP contribution in [-0.2, 0) is 21.4 Å². The Hall–Kier alpha value is -2.00. The van der Waals surface area contributed by atoms with Crippen LogP contribution in [0.15, 0.2) is 18.2 Å². The van der Waals surface area contributed by atoms with Gasteiger partial charge in [0.15, 0.2) is 11.5 Å². The van der Waals surface area contributed by atoms with Crippen LogP contribution in [0.25, 0.3) is 0 Å². The number of hydrogen-bond donors (Lipinski definition) is 1. The van der Waals surface area contributed by atoms with Gasteiger partial charge >= 0.3 is 16.1 Å². The van der Waals surface area contributed by atoms with Crippen molar-refractivity contribution in [2.24, 2.45) is 0 Å². The van der Waals surface area contributed by atoms with E-state index in [0.29, 0.717) is 25.4 Å². The number of carbonyl (C=O) groups excluding carboxylic acids is 1. The maximum Gasteiger partial charge on any atom is 0.317 e. The SMILES string of the molecule is CCS(=O)(=O)Oc1cc(CN(C[C@@H]2CCCO2)C(=O)NC(C)C)ccc1OC. The van der Waals surface area contributed by atoms with Gasteiger partial charge in [-0.1, -0.05) is 6.07 Å². The fourth-order valence-corrected chi connectivity index (χ4v) is 3.41. The third kappa shape index (κ3) is 6.56. The molecule has 2 amide bonds. The quantitative estimate of drug-likeness (QED) is 0.624. The van der Waals surface area contributed by atoms with Crippen molar-refractivity contribution in [1.82, 2.24) is 10.2 Å². The van der Waals surface area contributed by atoms with Crippen LogP contribution in [0.4, 0.5) is 4.79 Å². The summed E-state index contributed by atoms with van der Waals surface area (Å²) >= 11 is 0. The average Bonchev–Trinajstić information content (AvgIpc) is 3.13. The van der Waals surface area contributed by atoms with Crippen LogP contribution < -0.4 is 14.2 Å². The zero-order valence-electron chi connectivity index (χ0n) is 16.9. The molecule has 1 aliphatic heterocycles. The van der Waals surface area contributed by atoms with Crippen molar-refractivity contribution in [3.63, 3.8) is 0 Å². The molecule has 2 rings (SSSR count). The molecule has 28 heavy (non-hydrogen) atoms. The fourth-order valence-electron chi connectivity index (χ4n) is 2.89. The van der Waals surface area contributed by atoms with Crippen LogP contribution in [0.3, 0.4) is 0 Å². The zero-order valence-corrected chi connectivity index (χ0v) is 17.8. The third-order valence-electron chi connectivity index (χ3n) is 4.32. The highest BCUT2D eigenvalue weighted by atomic mass is 32.2. The van der Waals surface area contributed by atoms with Gasteiger partial charge in [-0.25, -0.2) is 4.79 Å². The van der Waals surface area contributed by atoms with E-state index in [2.05, 4.69) is 5.32 Å². The predicted octanol–water partition coefficient (Wildman–Crippen LogP) is 2.52. The number of urea groups is 1.